The first-order valence-corrected chi connectivity index (χ1v) is 6.09. The van der Waals surface area contributed by atoms with Crippen molar-refractivity contribution in [1.82, 2.24) is 10.2 Å². The third kappa shape index (κ3) is 1.96. The molecule has 2 fully saturated rings. The molecular formula is C12H24N2. The van der Waals surface area contributed by atoms with Crippen molar-refractivity contribution in [1.29, 1.82) is 0 Å². The summed E-state index contributed by atoms with van der Waals surface area (Å²) >= 11 is 0. The molecule has 82 valence electrons. The van der Waals surface area contributed by atoms with Crippen molar-refractivity contribution in [3.8, 4) is 0 Å². The van der Waals surface area contributed by atoms with Gasteiger partial charge >= 0.3 is 0 Å². The molecule has 0 saturated carbocycles. The number of hydrogen-bond donors (Lipinski definition) is 1. The maximum Gasteiger partial charge on any atom is 0.0255 e. The first-order valence-electron chi connectivity index (χ1n) is 6.09. The number of hydrogen-bond acceptors (Lipinski definition) is 2. The van der Waals surface area contributed by atoms with Gasteiger partial charge in [-0.3, -0.25) is 4.90 Å². The zero-order valence-electron chi connectivity index (χ0n) is 9.84. The minimum Gasteiger partial charge on any atom is -0.312 e. The highest BCUT2D eigenvalue weighted by Gasteiger charge is 2.37. The van der Waals surface area contributed by atoms with Gasteiger partial charge in [0.2, 0.25) is 0 Å². The van der Waals surface area contributed by atoms with E-state index in [9.17, 15) is 0 Å². The summed E-state index contributed by atoms with van der Waals surface area (Å²) in [7, 11) is 0. The van der Waals surface area contributed by atoms with E-state index in [2.05, 4.69) is 31.0 Å². The van der Waals surface area contributed by atoms with Crippen LogP contribution in [0.4, 0.5) is 0 Å². The summed E-state index contributed by atoms with van der Waals surface area (Å²) in [5, 5.41) is 3.68. The first-order chi connectivity index (χ1) is 6.59. The number of fused-ring (bicyclic) bond motifs is 1. The molecule has 2 saturated heterocycles. The summed E-state index contributed by atoms with van der Waals surface area (Å²) in [5.74, 6) is 0. The van der Waals surface area contributed by atoms with Crippen LogP contribution in [0.2, 0.25) is 0 Å². The van der Waals surface area contributed by atoms with Gasteiger partial charge < -0.3 is 5.32 Å². The van der Waals surface area contributed by atoms with E-state index in [1.807, 2.05) is 0 Å². The van der Waals surface area contributed by atoms with E-state index in [1.165, 1.54) is 38.8 Å². The fourth-order valence-electron chi connectivity index (χ4n) is 3.08. The highest BCUT2D eigenvalue weighted by molar-refractivity contribution is 4.96. The van der Waals surface area contributed by atoms with Crippen LogP contribution in [0.1, 0.15) is 46.5 Å². The van der Waals surface area contributed by atoms with Gasteiger partial charge in [-0.25, -0.2) is 0 Å². The number of nitrogens with one attached hydrogen (secondary N) is 1. The Morgan fingerprint density at radius 2 is 1.93 bits per heavy atom. The molecular weight excluding hydrogens is 172 g/mol. The Balaban J connectivity index is 2.09. The molecule has 1 N–H and O–H groups in total. The lowest BCUT2D eigenvalue weighted by atomic mass is 9.86. The maximum absolute atomic E-state index is 3.68. The van der Waals surface area contributed by atoms with Gasteiger partial charge in [0.25, 0.3) is 0 Å². The minimum absolute atomic E-state index is 0.350. The third-order valence-electron chi connectivity index (χ3n) is 3.72. The van der Waals surface area contributed by atoms with Crippen molar-refractivity contribution in [2.75, 3.05) is 13.1 Å². The minimum atomic E-state index is 0.350. The zero-order valence-corrected chi connectivity index (χ0v) is 9.84. The van der Waals surface area contributed by atoms with Gasteiger partial charge in [-0.15, -0.1) is 0 Å². The summed E-state index contributed by atoms with van der Waals surface area (Å²) < 4.78 is 0. The van der Waals surface area contributed by atoms with E-state index in [4.69, 9.17) is 0 Å². The molecule has 2 heterocycles. The SMILES string of the molecule is CC(C)(C)N1CCCC2NCCCC21. The van der Waals surface area contributed by atoms with Gasteiger partial charge in [-0.2, -0.15) is 0 Å². The lowest BCUT2D eigenvalue weighted by Crippen LogP contribution is -2.61. The fourth-order valence-corrected chi connectivity index (χ4v) is 3.08. The van der Waals surface area contributed by atoms with Gasteiger partial charge in [0.15, 0.2) is 0 Å². The zero-order chi connectivity index (χ0) is 10.2. The van der Waals surface area contributed by atoms with Crippen molar-refractivity contribution in [2.45, 2.75) is 64.1 Å². The standard InChI is InChI=1S/C12H24N2/c1-12(2,3)14-9-5-6-10-11(14)7-4-8-13-10/h10-11,13H,4-9H2,1-3H3. The predicted molar refractivity (Wildman–Crippen MR) is 60.5 cm³/mol. The van der Waals surface area contributed by atoms with E-state index >= 15 is 0 Å². The molecule has 2 nitrogen and oxygen atoms in total. The van der Waals surface area contributed by atoms with E-state index in [-0.39, 0.29) is 0 Å². The van der Waals surface area contributed by atoms with Gasteiger partial charge in [0.1, 0.15) is 0 Å². The van der Waals surface area contributed by atoms with Crippen molar-refractivity contribution in [3.05, 3.63) is 0 Å². The molecule has 2 unspecified atom stereocenters. The quantitative estimate of drug-likeness (QED) is 0.637. The second kappa shape index (κ2) is 3.82. The molecule has 14 heavy (non-hydrogen) atoms. The Hall–Kier alpha value is -0.0800. The first kappa shape index (κ1) is 10.4. The molecule has 0 aromatic carbocycles. The molecule has 2 aliphatic heterocycles. The average molecular weight is 196 g/mol. The summed E-state index contributed by atoms with van der Waals surface area (Å²) in [6, 6.07) is 1.58. The van der Waals surface area contributed by atoms with E-state index in [1.54, 1.807) is 0 Å². The van der Waals surface area contributed by atoms with Crippen LogP contribution < -0.4 is 5.32 Å². The van der Waals surface area contributed by atoms with Gasteiger partial charge in [0, 0.05) is 17.6 Å². The molecule has 2 heteroatoms. The lowest BCUT2D eigenvalue weighted by Gasteiger charge is -2.50. The van der Waals surface area contributed by atoms with Crippen LogP contribution in [-0.2, 0) is 0 Å². The average Bonchev–Trinajstić information content (AvgIpc) is 2.15. The van der Waals surface area contributed by atoms with Crippen molar-refractivity contribution < 1.29 is 0 Å². The van der Waals surface area contributed by atoms with Crippen molar-refractivity contribution in [3.63, 3.8) is 0 Å². The van der Waals surface area contributed by atoms with Crippen LogP contribution in [0.5, 0.6) is 0 Å². The summed E-state index contributed by atoms with van der Waals surface area (Å²) in [4.78, 5) is 2.72. The fraction of sp³-hybridized carbons (Fsp3) is 1.00. The van der Waals surface area contributed by atoms with Crippen LogP contribution in [0, 0.1) is 0 Å². The van der Waals surface area contributed by atoms with Crippen LogP contribution in [-0.4, -0.2) is 35.6 Å². The normalized spacial score (nSPS) is 35.4. The number of rotatable bonds is 0. The lowest BCUT2D eigenvalue weighted by molar-refractivity contribution is 0.0144. The van der Waals surface area contributed by atoms with Crippen molar-refractivity contribution >= 4 is 0 Å². The van der Waals surface area contributed by atoms with E-state index < -0.39 is 0 Å². The predicted octanol–water partition coefficient (Wildman–Crippen LogP) is 2.00. The Morgan fingerprint density at radius 1 is 1.14 bits per heavy atom. The molecule has 0 aromatic rings. The molecule has 0 radical (unpaired) electrons. The Kier molecular flexibility index (Phi) is 2.85. The molecule has 0 amide bonds. The van der Waals surface area contributed by atoms with Crippen LogP contribution in [0.25, 0.3) is 0 Å². The van der Waals surface area contributed by atoms with Crippen LogP contribution in [0.15, 0.2) is 0 Å². The monoisotopic (exact) mass is 196 g/mol. The van der Waals surface area contributed by atoms with Crippen molar-refractivity contribution in [2.24, 2.45) is 0 Å². The van der Waals surface area contributed by atoms with E-state index in [0.717, 1.165) is 12.1 Å². The number of piperidine rings is 2. The molecule has 2 atom stereocenters. The molecule has 0 aromatic heterocycles. The molecule has 2 aliphatic rings. The Labute approximate surface area is 88.1 Å². The van der Waals surface area contributed by atoms with Crippen LogP contribution in [0.3, 0.4) is 0 Å². The van der Waals surface area contributed by atoms with Gasteiger partial charge in [-0.1, -0.05) is 0 Å². The number of likely N-dealkylation sites (tertiary alicyclic amines) is 1. The van der Waals surface area contributed by atoms with Gasteiger partial charge in [0.05, 0.1) is 0 Å². The second-order valence-electron chi connectivity index (χ2n) is 5.78. The van der Waals surface area contributed by atoms with E-state index in [0.29, 0.717) is 5.54 Å². The third-order valence-corrected chi connectivity index (χ3v) is 3.72. The largest absolute Gasteiger partial charge is 0.312 e. The molecule has 0 spiro atoms. The second-order valence-corrected chi connectivity index (χ2v) is 5.78. The summed E-state index contributed by atoms with van der Waals surface area (Å²) in [6.45, 7) is 9.59. The molecule has 0 bridgehead atoms. The smallest absolute Gasteiger partial charge is 0.0255 e. The molecule has 0 aliphatic carbocycles. The Morgan fingerprint density at radius 3 is 2.64 bits per heavy atom. The number of nitrogens with zero attached hydrogens (tertiary/aromatic N) is 1. The van der Waals surface area contributed by atoms with Crippen LogP contribution >= 0.6 is 0 Å². The Bertz CT molecular complexity index is 193. The maximum atomic E-state index is 3.68. The highest BCUT2D eigenvalue weighted by Crippen LogP contribution is 2.30. The molecule has 2 rings (SSSR count). The van der Waals surface area contributed by atoms with Gasteiger partial charge in [-0.05, 0) is 59.5 Å². The topological polar surface area (TPSA) is 15.3 Å². The highest BCUT2D eigenvalue weighted by atomic mass is 15.3. The summed E-state index contributed by atoms with van der Waals surface area (Å²) in [6.07, 6.45) is 5.51. The summed E-state index contributed by atoms with van der Waals surface area (Å²) in [5.41, 5.74) is 0.350.